The van der Waals surface area contributed by atoms with Gasteiger partial charge in [0.15, 0.2) is 5.82 Å². The molecule has 0 spiro atoms. The number of nitrogens with one attached hydrogen (secondary N) is 2. The summed E-state index contributed by atoms with van der Waals surface area (Å²) in [5.74, 6) is -1.23. The lowest BCUT2D eigenvalue weighted by Gasteiger charge is -2.23. The molecular weight excluding hydrogens is 764 g/mol. The molecule has 19 heteroatoms. The number of rotatable bonds is 10. The number of fused-ring (bicyclic) bond motifs is 2. The van der Waals surface area contributed by atoms with Gasteiger partial charge in [0, 0.05) is 36.2 Å². The molecule has 1 aliphatic rings. The Kier molecular flexibility index (Phi) is 10.4. The molecule has 11 nitrogen and oxygen atoms in total. The van der Waals surface area contributed by atoms with Gasteiger partial charge in [-0.1, -0.05) is 23.6 Å². The number of hydrogen-bond donors (Lipinski definition) is 3. The van der Waals surface area contributed by atoms with Crippen LogP contribution in [0.4, 0.5) is 32.2 Å². The van der Waals surface area contributed by atoms with E-state index in [0.29, 0.717) is 21.8 Å². The van der Waals surface area contributed by atoms with Crippen LogP contribution in [0.15, 0.2) is 42.5 Å². The number of aromatic nitrogens is 5. The van der Waals surface area contributed by atoms with Crippen LogP contribution in [-0.2, 0) is 47.2 Å². The summed E-state index contributed by atoms with van der Waals surface area (Å²) in [5, 5.41) is 20.7. The first kappa shape index (κ1) is 38.6. The lowest BCUT2D eigenvalue weighted by atomic mass is 9.93. The first-order valence-corrected chi connectivity index (χ1v) is 18.4. The van der Waals surface area contributed by atoms with E-state index >= 15 is 0 Å². The number of hydrogen-bond acceptors (Lipinski definition) is 7. The van der Waals surface area contributed by atoms with Crippen molar-refractivity contribution in [2.24, 2.45) is 7.05 Å². The van der Waals surface area contributed by atoms with Crippen molar-refractivity contribution < 1.29 is 44.7 Å². The highest BCUT2D eigenvalue weighted by Crippen LogP contribution is 2.45. The summed E-state index contributed by atoms with van der Waals surface area (Å²) in [4.78, 5) is 18.4. The van der Waals surface area contributed by atoms with Crippen molar-refractivity contribution >= 4 is 44.3 Å². The molecule has 0 unspecified atom stereocenters. The van der Waals surface area contributed by atoms with Crippen molar-refractivity contribution in [2.75, 3.05) is 11.0 Å². The molecule has 2 atom stereocenters. The number of benzene rings is 2. The minimum atomic E-state index is -3.82. The van der Waals surface area contributed by atoms with Gasteiger partial charge >= 0.3 is 0 Å². The fraction of sp³-hybridized carbons (Fsp3) is 0.314. The zero-order chi connectivity index (χ0) is 39.3. The Morgan fingerprint density at radius 1 is 1.07 bits per heavy atom. The van der Waals surface area contributed by atoms with Gasteiger partial charge in [0.2, 0.25) is 15.9 Å². The van der Waals surface area contributed by atoms with Crippen molar-refractivity contribution in [3.8, 4) is 23.0 Å². The summed E-state index contributed by atoms with van der Waals surface area (Å²) in [6.07, 6.45) is -4.77. The minimum Gasteiger partial charge on any atom is -0.381 e. The second-order valence-electron chi connectivity index (χ2n) is 12.7. The summed E-state index contributed by atoms with van der Waals surface area (Å²) in [7, 11) is -2.30. The predicted molar refractivity (Wildman–Crippen MR) is 186 cm³/mol. The molecule has 3 aromatic heterocycles. The zero-order valence-electron chi connectivity index (χ0n) is 28.6. The van der Waals surface area contributed by atoms with Crippen molar-refractivity contribution in [3.63, 3.8) is 0 Å². The molecule has 5 aromatic rings. The maximum Gasteiger partial charge on any atom is 0.290 e. The number of pyridine rings is 1. The van der Waals surface area contributed by atoms with E-state index < -0.39 is 76.4 Å². The normalized spacial score (nSPS) is 14.8. The molecule has 54 heavy (non-hydrogen) atoms. The van der Waals surface area contributed by atoms with E-state index in [9.17, 15) is 44.7 Å². The number of amides is 1. The van der Waals surface area contributed by atoms with Crippen LogP contribution in [0.2, 0.25) is 5.02 Å². The third-order valence-corrected chi connectivity index (χ3v) is 9.37. The Morgan fingerprint density at radius 3 is 2.41 bits per heavy atom. The highest BCUT2D eigenvalue weighted by molar-refractivity contribution is 7.92. The second-order valence-corrected chi connectivity index (χ2v) is 14.9. The van der Waals surface area contributed by atoms with Gasteiger partial charge in [-0.3, -0.25) is 18.9 Å². The van der Waals surface area contributed by atoms with Gasteiger partial charge in [-0.15, -0.1) is 0 Å². The van der Waals surface area contributed by atoms with Gasteiger partial charge in [-0.25, -0.2) is 31.0 Å². The quantitative estimate of drug-likeness (QED) is 0.117. The first-order chi connectivity index (χ1) is 25.3. The highest BCUT2D eigenvalue weighted by atomic mass is 35.5. The van der Waals surface area contributed by atoms with Crippen LogP contribution < -0.4 is 10.0 Å². The molecule has 0 saturated carbocycles. The largest absolute Gasteiger partial charge is 0.381 e. The number of aliphatic hydroxyl groups excluding tert-OH is 1. The van der Waals surface area contributed by atoms with Crippen molar-refractivity contribution in [1.82, 2.24) is 29.9 Å². The molecule has 1 amide bonds. The van der Waals surface area contributed by atoms with Gasteiger partial charge in [-0.05, 0) is 61.6 Å². The van der Waals surface area contributed by atoms with Gasteiger partial charge < -0.3 is 10.4 Å². The molecule has 284 valence electrons. The number of sulfonamides is 1. The summed E-state index contributed by atoms with van der Waals surface area (Å²) < 4.78 is 115. The van der Waals surface area contributed by atoms with Crippen molar-refractivity contribution in [2.45, 2.75) is 57.2 Å². The van der Waals surface area contributed by atoms with E-state index in [-0.39, 0.29) is 57.1 Å². The van der Waals surface area contributed by atoms with Crippen LogP contribution in [0.1, 0.15) is 59.7 Å². The maximum atomic E-state index is 14.9. The summed E-state index contributed by atoms with van der Waals surface area (Å²) in [5.41, 5.74) is -0.935. The molecule has 2 aromatic carbocycles. The Morgan fingerprint density at radius 2 is 1.76 bits per heavy atom. The van der Waals surface area contributed by atoms with Gasteiger partial charge in [-0.2, -0.15) is 19.0 Å². The molecule has 3 heterocycles. The first-order valence-electron chi connectivity index (χ1n) is 16.2. The number of aliphatic hydroxyl groups is 1. The Balaban J connectivity index is 1.53. The Labute approximate surface area is 309 Å². The van der Waals surface area contributed by atoms with E-state index in [1.807, 2.05) is 0 Å². The fourth-order valence-corrected chi connectivity index (χ4v) is 7.21. The standard InChI is InChI=1S/C35H30ClF6N7O4S/c1-17(50)4-5-21-6-7-22(23-8-9-25(36)28-31(23)48(2)46-34(28)47-54(3,52)53)29(43-21)26(14-18-12-19(37)15-20(38)13-18)44-27(51)16-49-32-24(10-11-35(32,41)42)30(45-49)33(39)40/h6-9,12-13,15,17,26,33,50H,10-11,14,16H2,1-3H3,(H,44,51)(H,46,47)/t17-,26+/m1/s1. The smallest absolute Gasteiger partial charge is 0.290 e. The van der Waals surface area contributed by atoms with Gasteiger partial charge in [0.05, 0.1) is 33.9 Å². The summed E-state index contributed by atoms with van der Waals surface area (Å²) >= 11 is 6.54. The zero-order valence-corrected chi connectivity index (χ0v) is 30.1. The molecule has 0 radical (unpaired) electrons. The maximum absolute atomic E-state index is 14.9. The van der Waals surface area contributed by atoms with Crippen LogP contribution in [0.25, 0.3) is 22.0 Å². The van der Waals surface area contributed by atoms with Crippen LogP contribution in [0, 0.1) is 23.5 Å². The molecule has 6 rings (SSSR count). The third kappa shape index (κ3) is 8.03. The summed E-state index contributed by atoms with van der Waals surface area (Å²) in [6.45, 7) is 0.483. The molecule has 0 fully saturated rings. The number of carbonyl (C=O) groups excluding carboxylic acids is 1. The monoisotopic (exact) mass is 793 g/mol. The number of alkyl halides is 4. The summed E-state index contributed by atoms with van der Waals surface area (Å²) in [6, 6.07) is 7.43. The van der Waals surface area contributed by atoms with E-state index in [1.54, 1.807) is 12.1 Å². The third-order valence-electron chi connectivity index (χ3n) is 8.49. The van der Waals surface area contributed by atoms with Crippen molar-refractivity contribution in [3.05, 3.63) is 93.0 Å². The van der Waals surface area contributed by atoms with E-state index in [1.165, 1.54) is 30.8 Å². The van der Waals surface area contributed by atoms with E-state index in [2.05, 4.69) is 37.1 Å². The van der Waals surface area contributed by atoms with Crippen LogP contribution in [0.5, 0.6) is 0 Å². The average molecular weight is 794 g/mol. The average Bonchev–Trinajstić information content (AvgIpc) is 3.70. The fourth-order valence-electron chi connectivity index (χ4n) is 6.48. The molecule has 3 N–H and O–H groups in total. The highest BCUT2D eigenvalue weighted by Gasteiger charge is 2.46. The molecule has 0 bridgehead atoms. The van der Waals surface area contributed by atoms with Crippen molar-refractivity contribution in [1.29, 1.82) is 0 Å². The van der Waals surface area contributed by atoms with E-state index in [0.717, 1.165) is 18.4 Å². The number of aryl methyl sites for hydroxylation is 1. The number of halogens is 7. The molecule has 0 saturated heterocycles. The minimum absolute atomic E-state index is 0.0251. The second kappa shape index (κ2) is 14.6. The molecule has 0 aliphatic heterocycles. The molecule has 1 aliphatic carbocycles. The van der Waals surface area contributed by atoms with E-state index in [4.69, 9.17) is 11.6 Å². The Bertz CT molecular complexity index is 2460. The number of carbonyl (C=O) groups is 1. The van der Waals surface area contributed by atoms with Crippen LogP contribution in [-0.4, -0.2) is 56.3 Å². The molecular formula is C35H30ClF6N7O4S. The lowest BCUT2D eigenvalue weighted by Crippen LogP contribution is -2.35. The van der Waals surface area contributed by atoms with Gasteiger partial charge in [0.1, 0.15) is 41.4 Å². The Hall–Kier alpha value is -5.12. The van der Waals surface area contributed by atoms with Crippen LogP contribution in [0.3, 0.4) is 0 Å². The number of nitrogens with zero attached hydrogens (tertiary/aromatic N) is 5. The predicted octanol–water partition coefficient (Wildman–Crippen LogP) is 5.94. The van der Waals surface area contributed by atoms with Crippen LogP contribution >= 0.6 is 11.6 Å². The lowest BCUT2D eigenvalue weighted by molar-refractivity contribution is -0.122. The topological polar surface area (TPSA) is 144 Å². The van der Waals surface area contributed by atoms with Gasteiger partial charge in [0.25, 0.3) is 12.3 Å². The number of anilines is 1. The SMILES string of the molecule is C[C@@H](O)C#Cc1ccc(-c2ccc(Cl)c3c(NS(C)(=O)=O)nn(C)c23)c([C@H](Cc2cc(F)cc(F)c2)NC(=O)Cn2nc(C(F)F)c3c2C(F)(F)CC3)n1.